The van der Waals surface area contributed by atoms with Crippen molar-refractivity contribution in [1.29, 1.82) is 0 Å². The Bertz CT molecular complexity index is 290. The van der Waals surface area contributed by atoms with Gasteiger partial charge < -0.3 is 9.47 Å². The maximum atomic E-state index is 6.22. The fourth-order valence-corrected chi connectivity index (χ4v) is 3.54. The van der Waals surface area contributed by atoms with Crippen LogP contribution in [0.2, 0.25) is 0 Å². The van der Waals surface area contributed by atoms with E-state index in [9.17, 15) is 0 Å². The van der Waals surface area contributed by atoms with Crippen LogP contribution in [0.3, 0.4) is 0 Å². The van der Waals surface area contributed by atoms with E-state index in [4.69, 9.17) is 9.47 Å². The molecule has 19 heavy (non-hydrogen) atoms. The summed E-state index contributed by atoms with van der Waals surface area (Å²) in [6, 6.07) is 0. The molecular weight excluding hydrogens is 351 g/mol. The second-order valence-electron chi connectivity index (χ2n) is 6.89. The van der Waals surface area contributed by atoms with Crippen LogP contribution in [0.5, 0.6) is 0 Å². The van der Waals surface area contributed by atoms with E-state index in [1.807, 2.05) is 13.8 Å². The number of ether oxygens (including phenoxy) is 2. The van der Waals surface area contributed by atoms with Crippen LogP contribution in [0.4, 0.5) is 0 Å². The van der Waals surface area contributed by atoms with Crippen molar-refractivity contribution in [3.05, 3.63) is 0 Å². The zero-order valence-corrected chi connectivity index (χ0v) is 15.8. The van der Waals surface area contributed by atoms with Crippen LogP contribution in [-0.2, 0) is 9.47 Å². The summed E-state index contributed by atoms with van der Waals surface area (Å²) in [7, 11) is 0. The highest BCUT2D eigenvalue weighted by Gasteiger charge is 2.52. The number of halogens is 1. The first-order valence-electron chi connectivity index (χ1n) is 7.64. The summed E-state index contributed by atoms with van der Waals surface area (Å²) in [6.45, 7) is 15.5. The second-order valence-corrected chi connectivity index (χ2v) is 8.76. The lowest BCUT2D eigenvalue weighted by Gasteiger charge is -2.34. The van der Waals surface area contributed by atoms with E-state index in [1.165, 1.54) is 12.8 Å². The molecule has 0 unspecified atom stereocenters. The topological polar surface area (TPSA) is 18.5 Å². The molecule has 0 aromatic rings. The van der Waals surface area contributed by atoms with Gasteiger partial charge in [-0.2, -0.15) is 0 Å². The van der Waals surface area contributed by atoms with Gasteiger partial charge in [0.1, 0.15) is 5.60 Å². The molecule has 0 spiro atoms. The molecule has 1 rings (SSSR count). The minimum absolute atomic E-state index is 0.176. The maximum absolute atomic E-state index is 6.22. The first-order valence-corrected chi connectivity index (χ1v) is 8.89. The van der Waals surface area contributed by atoms with Gasteiger partial charge in [-0.15, -0.1) is 0 Å². The van der Waals surface area contributed by atoms with Crippen molar-refractivity contribution in [1.82, 2.24) is 0 Å². The van der Waals surface area contributed by atoms with Gasteiger partial charge in [0.05, 0.1) is 6.10 Å². The van der Waals surface area contributed by atoms with E-state index in [2.05, 4.69) is 57.2 Å². The van der Waals surface area contributed by atoms with Crippen molar-refractivity contribution in [2.45, 2.75) is 89.1 Å². The SMILES string of the molecule is CCC[C@@H](C)[C@@H](C)C[C@@H]1OC(C)(C)O[C@]1(C)[C@@H](C)I. The molecule has 0 amide bonds. The summed E-state index contributed by atoms with van der Waals surface area (Å²) in [6.07, 6.45) is 3.85. The third kappa shape index (κ3) is 4.31. The summed E-state index contributed by atoms with van der Waals surface area (Å²) in [5, 5.41) is 0. The number of hydrogen-bond acceptors (Lipinski definition) is 2. The van der Waals surface area contributed by atoms with Crippen LogP contribution >= 0.6 is 22.6 Å². The van der Waals surface area contributed by atoms with E-state index >= 15 is 0 Å². The van der Waals surface area contributed by atoms with Crippen molar-refractivity contribution in [2.24, 2.45) is 11.8 Å². The summed E-state index contributed by atoms with van der Waals surface area (Å²) < 4.78 is 12.9. The van der Waals surface area contributed by atoms with Gasteiger partial charge >= 0.3 is 0 Å². The lowest BCUT2D eigenvalue weighted by atomic mass is 9.82. The molecule has 0 radical (unpaired) electrons. The lowest BCUT2D eigenvalue weighted by Crippen LogP contribution is -2.45. The summed E-state index contributed by atoms with van der Waals surface area (Å²) >= 11 is 2.47. The molecule has 1 saturated heterocycles. The molecule has 114 valence electrons. The smallest absolute Gasteiger partial charge is 0.164 e. The Hall–Kier alpha value is 0.650. The molecule has 3 heteroatoms. The maximum Gasteiger partial charge on any atom is 0.164 e. The van der Waals surface area contributed by atoms with Gasteiger partial charge in [-0.25, -0.2) is 0 Å². The zero-order valence-electron chi connectivity index (χ0n) is 13.6. The molecule has 0 aromatic heterocycles. The van der Waals surface area contributed by atoms with Gasteiger partial charge in [-0.1, -0.05) is 63.1 Å². The molecule has 5 atom stereocenters. The van der Waals surface area contributed by atoms with Crippen molar-refractivity contribution in [3.8, 4) is 0 Å². The van der Waals surface area contributed by atoms with Crippen LogP contribution < -0.4 is 0 Å². The Morgan fingerprint density at radius 3 is 2.16 bits per heavy atom. The Morgan fingerprint density at radius 2 is 1.68 bits per heavy atom. The molecule has 1 aliphatic heterocycles. The zero-order chi connectivity index (χ0) is 14.8. The Kier molecular flexibility index (Phi) is 6.16. The van der Waals surface area contributed by atoms with E-state index < -0.39 is 5.79 Å². The third-order valence-corrected chi connectivity index (χ3v) is 5.86. The Morgan fingerprint density at radius 1 is 1.11 bits per heavy atom. The fraction of sp³-hybridized carbons (Fsp3) is 1.00. The van der Waals surface area contributed by atoms with Gasteiger partial charge in [0.15, 0.2) is 5.79 Å². The van der Waals surface area contributed by atoms with Crippen molar-refractivity contribution < 1.29 is 9.47 Å². The van der Waals surface area contributed by atoms with Crippen molar-refractivity contribution in [3.63, 3.8) is 0 Å². The molecule has 0 aliphatic carbocycles. The van der Waals surface area contributed by atoms with E-state index in [0.29, 0.717) is 9.84 Å². The highest BCUT2D eigenvalue weighted by atomic mass is 127. The first-order chi connectivity index (χ1) is 8.62. The average Bonchev–Trinajstić information content (AvgIpc) is 2.50. The molecule has 0 bridgehead atoms. The normalized spacial score (nSPS) is 35.1. The molecule has 1 fully saturated rings. The van der Waals surface area contributed by atoms with Gasteiger partial charge in [0, 0.05) is 3.92 Å². The Balaban J connectivity index is 2.75. The lowest BCUT2D eigenvalue weighted by molar-refractivity contribution is -0.159. The van der Waals surface area contributed by atoms with E-state index in [1.54, 1.807) is 0 Å². The minimum atomic E-state index is -0.452. The molecule has 1 aliphatic rings. The third-order valence-electron chi connectivity index (χ3n) is 4.62. The van der Waals surface area contributed by atoms with E-state index in [0.717, 1.165) is 12.3 Å². The van der Waals surface area contributed by atoms with Gasteiger partial charge in [0.2, 0.25) is 0 Å². The average molecular weight is 382 g/mol. The largest absolute Gasteiger partial charge is 0.344 e. The van der Waals surface area contributed by atoms with E-state index in [-0.39, 0.29) is 11.7 Å². The number of alkyl halides is 1. The predicted octanol–water partition coefficient (Wildman–Crippen LogP) is 5.18. The minimum Gasteiger partial charge on any atom is -0.344 e. The quantitative estimate of drug-likeness (QED) is 0.465. The highest BCUT2D eigenvalue weighted by Crippen LogP contribution is 2.44. The van der Waals surface area contributed by atoms with Crippen molar-refractivity contribution in [2.75, 3.05) is 0 Å². The second kappa shape index (κ2) is 6.61. The Labute approximate surface area is 133 Å². The van der Waals surface area contributed by atoms with Crippen LogP contribution in [-0.4, -0.2) is 21.4 Å². The number of rotatable bonds is 6. The monoisotopic (exact) mass is 382 g/mol. The van der Waals surface area contributed by atoms with Crippen LogP contribution in [0.15, 0.2) is 0 Å². The molecule has 0 saturated carbocycles. The predicted molar refractivity (Wildman–Crippen MR) is 89.8 cm³/mol. The van der Waals surface area contributed by atoms with Crippen LogP contribution in [0.25, 0.3) is 0 Å². The molecule has 0 aromatic carbocycles. The molecular formula is C16H31IO2. The summed E-state index contributed by atoms with van der Waals surface area (Å²) in [4.78, 5) is 0. The molecule has 1 heterocycles. The van der Waals surface area contributed by atoms with Gasteiger partial charge in [-0.3, -0.25) is 0 Å². The summed E-state index contributed by atoms with van der Waals surface area (Å²) in [5.41, 5.74) is -0.176. The fourth-order valence-electron chi connectivity index (χ4n) is 3.01. The molecule has 2 nitrogen and oxygen atoms in total. The standard InChI is InChI=1S/C16H31IO2/c1-8-9-11(2)12(3)10-14-16(7,13(4)17)19-15(5,6)18-14/h11-14H,8-10H2,1-7H3/t11-,12+,13-,14+,16-/m1/s1. The summed E-state index contributed by atoms with van der Waals surface area (Å²) in [5.74, 6) is 0.982. The number of hydrogen-bond donors (Lipinski definition) is 0. The first kappa shape index (κ1) is 17.7. The van der Waals surface area contributed by atoms with Crippen LogP contribution in [0.1, 0.15) is 67.7 Å². The van der Waals surface area contributed by atoms with Crippen molar-refractivity contribution >= 4 is 22.6 Å². The van der Waals surface area contributed by atoms with Crippen LogP contribution in [0, 0.1) is 11.8 Å². The molecule has 0 N–H and O–H groups in total. The van der Waals surface area contributed by atoms with Gasteiger partial charge in [0.25, 0.3) is 0 Å². The van der Waals surface area contributed by atoms with Gasteiger partial charge in [-0.05, 0) is 39.0 Å². The highest BCUT2D eigenvalue weighted by molar-refractivity contribution is 14.1.